The Kier molecular flexibility index (Phi) is 9.30. The summed E-state index contributed by atoms with van der Waals surface area (Å²) in [4.78, 5) is 11.5. The van der Waals surface area contributed by atoms with Gasteiger partial charge in [-0.2, -0.15) is 0 Å². The first-order valence-corrected chi connectivity index (χ1v) is 10.8. The van der Waals surface area contributed by atoms with Crippen LogP contribution < -0.4 is 0 Å². The highest BCUT2D eigenvalue weighted by molar-refractivity contribution is 5.90. The van der Waals surface area contributed by atoms with Crippen LogP contribution in [0.15, 0.2) is 58.1 Å². The van der Waals surface area contributed by atoms with Gasteiger partial charge in [-0.15, -0.1) is 0 Å². The number of aliphatic hydroxyl groups excluding tert-OH is 1. The summed E-state index contributed by atoms with van der Waals surface area (Å²) in [5, 5.41) is 9.95. The Morgan fingerprint density at radius 2 is 2.07 bits per heavy atom. The largest absolute Gasteiger partial charge is 0.508 e. The lowest BCUT2D eigenvalue weighted by atomic mass is 9.95. The van der Waals surface area contributed by atoms with E-state index in [1.54, 1.807) is 13.2 Å². The van der Waals surface area contributed by atoms with Gasteiger partial charge in [0.15, 0.2) is 6.10 Å². The van der Waals surface area contributed by atoms with Gasteiger partial charge < -0.3 is 14.3 Å². The monoisotopic (exact) mass is 400 g/mol. The molecule has 4 heteroatoms. The Labute approximate surface area is 175 Å². The van der Waals surface area contributed by atoms with Gasteiger partial charge in [0.2, 0.25) is 0 Å². The van der Waals surface area contributed by atoms with Crippen molar-refractivity contribution in [2.45, 2.75) is 78.7 Å². The highest BCUT2D eigenvalue weighted by Gasteiger charge is 2.32. The van der Waals surface area contributed by atoms with Gasteiger partial charge in [-0.25, -0.2) is 4.79 Å². The molecule has 0 amide bonds. The van der Waals surface area contributed by atoms with E-state index in [1.807, 2.05) is 12.3 Å². The topological polar surface area (TPSA) is 59.7 Å². The van der Waals surface area contributed by atoms with Gasteiger partial charge in [-0.1, -0.05) is 44.1 Å². The van der Waals surface area contributed by atoms with Gasteiger partial charge in [0, 0.05) is 0 Å². The van der Waals surface area contributed by atoms with Crippen LogP contribution in [0.3, 0.4) is 0 Å². The lowest BCUT2D eigenvalue weighted by Gasteiger charge is -2.16. The quantitative estimate of drug-likeness (QED) is 0.313. The van der Waals surface area contributed by atoms with Gasteiger partial charge in [0.1, 0.15) is 5.76 Å². The van der Waals surface area contributed by atoms with Crippen molar-refractivity contribution in [2.24, 2.45) is 11.8 Å². The third-order valence-electron chi connectivity index (χ3n) is 5.65. The van der Waals surface area contributed by atoms with Gasteiger partial charge in [-0.05, 0) is 75.8 Å². The van der Waals surface area contributed by atoms with Crippen molar-refractivity contribution in [3.05, 3.63) is 59.3 Å². The number of cyclic esters (lactones) is 1. The molecular formula is C25H36O4. The number of allylic oxidation sites excluding steroid dienone is 4. The zero-order valence-corrected chi connectivity index (χ0v) is 18.3. The van der Waals surface area contributed by atoms with Crippen LogP contribution in [0.25, 0.3) is 0 Å². The molecule has 0 bridgehead atoms. The van der Waals surface area contributed by atoms with Crippen molar-refractivity contribution in [2.75, 3.05) is 0 Å². The molecule has 1 aliphatic heterocycles. The average molecular weight is 401 g/mol. The number of aryl methyl sites for hydroxylation is 1. The van der Waals surface area contributed by atoms with Crippen molar-refractivity contribution in [3.63, 3.8) is 0 Å². The van der Waals surface area contributed by atoms with E-state index in [0.29, 0.717) is 23.8 Å². The van der Waals surface area contributed by atoms with Crippen LogP contribution in [-0.2, 0) is 16.0 Å². The number of hydrogen-bond donors (Lipinski definition) is 1. The van der Waals surface area contributed by atoms with E-state index in [4.69, 9.17) is 9.15 Å². The van der Waals surface area contributed by atoms with Crippen LogP contribution in [-0.4, -0.2) is 17.2 Å². The minimum atomic E-state index is -0.452. The van der Waals surface area contributed by atoms with Crippen LogP contribution in [0.1, 0.15) is 71.8 Å². The molecule has 0 aliphatic carbocycles. The highest BCUT2D eigenvalue weighted by Crippen LogP contribution is 2.27. The summed E-state index contributed by atoms with van der Waals surface area (Å²) < 4.78 is 10.3. The van der Waals surface area contributed by atoms with Gasteiger partial charge in [0.25, 0.3) is 0 Å². The van der Waals surface area contributed by atoms with Crippen molar-refractivity contribution in [1.82, 2.24) is 0 Å². The van der Waals surface area contributed by atoms with Crippen molar-refractivity contribution in [3.8, 4) is 0 Å². The third kappa shape index (κ3) is 7.96. The van der Waals surface area contributed by atoms with Crippen LogP contribution in [0, 0.1) is 11.8 Å². The maximum atomic E-state index is 11.5. The van der Waals surface area contributed by atoms with Crippen LogP contribution in [0.5, 0.6) is 0 Å². The smallest absolute Gasteiger partial charge is 0.337 e. The van der Waals surface area contributed by atoms with E-state index in [0.717, 1.165) is 25.7 Å². The predicted octanol–water partition coefficient (Wildman–Crippen LogP) is 6.69. The molecule has 0 saturated heterocycles. The Balaban J connectivity index is 1.60. The van der Waals surface area contributed by atoms with Crippen LogP contribution in [0.2, 0.25) is 0 Å². The molecule has 0 saturated carbocycles. The Morgan fingerprint density at radius 3 is 2.72 bits per heavy atom. The minimum Gasteiger partial charge on any atom is -0.508 e. The highest BCUT2D eigenvalue weighted by atomic mass is 16.6. The number of ether oxygens (including phenoxy) is 1. The number of aliphatic hydroxyl groups is 1. The number of carbonyl (C=O) groups excluding carboxylic acids is 1. The number of esters is 1. The average Bonchev–Trinajstić information content (AvgIpc) is 3.27. The van der Waals surface area contributed by atoms with Crippen LogP contribution >= 0.6 is 0 Å². The molecule has 0 spiro atoms. The number of hydrogen-bond acceptors (Lipinski definition) is 4. The third-order valence-corrected chi connectivity index (χ3v) is 5.65. The maximum absolute atomic E-state index is 11.5. The second-order valence-corrected chi connectivity index (χ2v) is 8.54. The zero-order valence-electron chi connectivity index (χ0n) is 18.3. The second-order valence-electron chi connectivity index (χ2n) is 8.54. The van der Waals surface area contributed by atoms with E-state index < -0.39 is 6.10 Å². The van der Waals surface area contributed by atoms with Gasteiger partial charge in [0.05, 0.1) is 18.1 Å². The number of furan rings is 1. The summed E-state index contributed by atoms with van der Waals surface area (Å²) in [6, 6.07) is 2.04. The van der Waals surface area contributed by atoms with E-state index in [2.05, 4.69) is 39.0 Å². The van der Waals surface area contributed by atoms with E-state index in [-0.39, 0.29) is 11.7 Å². The molecule has 0 radical (unpaired) electrons. The Bertz CT molecular complexity index is 724. The Hall–Kier alpha value is -2.23. The second kappa shape index (κ2) is 11.7. The summed E-state index contributed by atoms with van der Waals surface area (Å²) in [6.07, 6.45) is 17.1. The number of rotatable bonds is 12. The SMILES string of the molecule is CC(=CC=CC(C)CCCc1ccoc1)CCCC(C)CC1OC(=O)C(C)=C1O. The van der Waals surface area contributed by atoms with Gasteiger partial charge in [-0.3, -0.25) is 0 Å². The normalized spacial score (nSPS) is 19.8. The molecule has 4 nitrogen and oxygen atoms in total. The molecule has 1 aromatic rings. The summed E-state index contributed by atoms with van der Waals surface area (Å²) in [6.45, 7) is 8.21. The Morgan fingerprint density at radius 1 is 1.28 bits per heavy atom. The zero-order chi connectivity index (χ0) is 21.2. The summed E-state index contributed by atoms with van der Waals surface area (Å²) >= 11 is 0. The van der Waals surface area contributed by atoms with E-state index in [1.165, 1.54) is 24.0 Å². The molecule has 3 atom stereocenters. The fraction of sp³-hybridized carbons (Fsp3) is 0.560. The van der Waals surface area contributed by atoms with Crippen molar-refractivity contribution >= 4 is 5.97 Å². The molecule has 160 valence electrons. The maximum Gasteiger partial charge on any atom is 0.337 e. The molecular weight excluding hydrogens is 364 g/mol. The molecule has 1 N–H and O–H groups in total. The predicted molar refractivity (Wildman–Crippen MR) is 117 cm³/mol. The van der Waals surface area contributed by atoms with E-state index >= 15 is 0 Å². The molecule has 0 aromatic carbocycles. The fourth-order valence-corrected chi connectivity index (χ4v) is 3.64. The first kappa shape index (κ1) is 23.1. The molecule has 3 unspecified atom stereocenters. The lowest BCUT2D eigenvalue weighted by molar-refractivity contribution is -0.140. The molecule has 1 aromatic heterocycles. The van der Waals surface area contributed by atoms with Crippen LogP contribution in [0.4, 0.5) is 0 Å². The summed E-state index contributed by atoms with van der Waals surface area (Å²) in [5.41, 5.74) is 3.01. The van der Waals surface area contributed by atoms with Gasteiger partial charge >= 0.3 is 5.97 Å². The molecule has 2 rings (SSSR count). The molecule has 2 heterocycles. The molecule has 29 heavy (non-hydrogen) atoms. The standard InChI is InChI=1S/C25H36O4/c1-18(8-5-9-19(2)11-7-13-22-14-15-28-17-22)10-6-12-20(3)16-23-24(26)21(4)25(27)29-23/h5,8-9,14-15,17,19-20,23,26H,6-7,10-13,16H2,1-4H3. The molecule has 1 aliphatic rings. The first-order valence-electron chi connectivity index (χ1n) is 10.8. The van der Waals surface area contributed by atoms with Crippen molar-refractivity contribution < 1.29 is 19.1 Å². The first-order chi connectivity index (χ1) is 13.9. The molecule has 0 fully saturated rings. The minimum absolute atomic E-state index is 0.113. The lowest BCUT2D eigenvalue weighted by Crippen LogP contribution is -2.15. The summed E-state index contributed by atoms with van der Waals surface area (Å²) in [5.74, 6) is 0.701. The fourth-order valence-electron chi connectivity index (χ4n) is 3.64. The summed E-state index contributed by atoms with van der Waals surface area (Å²) in [7, 11) is 0. The van der Waals surface area contributed by atoms with Crippen molar-refractivity contribution in [1.29, 1.82) is 0 Å². The van der Waals surface area contributed by atoms with E-state index in [9.17, 15) is 9.90 Å². The number of carbonyl (C=O) groups is 1.